The van der Waals surface area contributed by atoms with E-state index in [1.807, 2.05) is 24.3 Å². The van der Waals surface area contributed by atoms with E-state index in [-0.39, 0.29) is 5.91 Å². The zero-order valence-corrected chi connectivity index (χ0v) is 10.5. The molecule has 0 saturated heterocycles. The van der Waals surface area contributed by atoms with Crippen molar-refractivity contribution < 1.29 is 4.79 Å². The van der Waals surface area contributed by atoms with Gasteiger partial charge in [-0.25, -0.2) is 0 Å². The van der Waals surface area contributed by atoms with Crippen LogP contribution in [0, 0.1) is 0 Å². The fourth-order valence-electron chi connectivity index (χ4n) is 1.75. The molecule has 18 heavy (non-hydrogen) atoms. The van der Waals surface area contributed by atoms with Crippen molar-refractivity contribution in [2.45, 2.75) is 6.54 Å². The third-order valence-corrected chi connectivity index (χ3v) is 2.79. The molecule has 2 N–H and O–H groups in total. The number of anilines is 1. The van der Waals surface area contributed by atoms with Crippen LogP contribution in [0.1, 0.15) is 16.1 Å². The summed E-state index contributed by atoms with van der Waals surface area (Å²) in [5, 5.41) is 3.99. The molecule has 5 nitrogen and oxygen atoms in total. The highest BCUT2D eigenvalue weighted by molar-refractivity contribution is 5.92. The molecule has 0 radical (unpaired) electrons. The Morgan fingerprint density at radius 2 is 2.00 bits per heavy atom. The number of rotatable bonds is 3. The number of hydrogen-bond donors (Lipinski definition) is 1. The maximum atomic E-state index is 12.1. The normalized spacial score (nSPS) is 10.3. The number of nitrogens with two attached hydrogens (primary N) is 1. The van der Waals surface area contributed by atoms with E-state index in [1.165, 1.54) is 0 Å². The van der Waals surface area contributed by atoms with Crippen LogP contribution in [0.4, 0.5) is 5.69 Å². The third kappa shape index (κ3) is 2.51. The van der Waals surface area contributed by atoms with E-state index in [9.17, 15) is 4.79 Å². The molecule has 0 spiro atoms. The van der Waals surface area contributed by atoms with Crippen LogP contribution in [0.15, 0.2) is 36.5 Å². The van der Waals surface area contributed by atoms with E-state index in [1.54, 1.807) is 35.9 Å². The molecule has 0 aliphatic carbocycles. The molecule has 94 valence electrons. The molecule has 0 saturated carbocycles. The Morgan fingerprint density at radius 1 is 1.33 bits per heavy atom. The van der Waals surface area contributed by atoms with Crippen LogP contribution in [0.2, 0.25) is 0 Å². The zero-order chi connectivity index (χ0) is 13.1. The maximum absolute atomic E-state index is 12.1. The van der Waals surface area contributed by atoms with Gasteiger partial charge in [-0.2, -0.15) is 5.10 Å². The second-order valence-corrected chi connectivity index (χ2v) is 4.24. The van der Waals surface area contributed by atoms with Crippen LogP contribution < -0.4 is 5.73 Å². The number of hydrogen-bond acceptors (Lipinski definition) is 3. The SMILES string of the molecule is CN(Cc1ccc(N)cc1)C(=O)c1ccnn1C. The molecule has 1 heterocycles. The molecule has 5 heteroatoms. The summed E-state index contributed by atoms with van der Waals surface area (Å²) >= 11 is 0. The molecule has 1 amide bonds. The first-order valence-electron chi connectivity index (χ1n) is 5.66. The van der Waals surface area contributed by atoms with E-state index in [2.05, 4.69) is 5.10 Å². The fraction of sp³-hybridized carbons (Fsp3) is 0.231. The monoisotopic (exact) mass is 244 g/mol. The molecule has 0 aliphatic rings. The van der Waals surface area contributed by atoms with Gasteiger partial charge in [-0.1, -0.05) is 12.1 Å². The molecule has 2 aromatic rings. The van der Waals surface area contributed by atoms with Gasteiger partial charge in [0, 0.05) is 32.5 Å². The molecular weight excluding hydrogens is 228 g/mol. The highest BCUT2D eigenvalue weighted by atomic mass is 16.2. The highest BCUT2D eigenvalue weighted by Gasteiger charge is 2.14. The number of carbonyl (C=O) groups excluding carboxylic acids is 1. The Kier molecular flexibility index (Phi) is 3.32. The van der Waals surface area contributed by atoms with Crippen molar-refractivity contribution in [1.82, 2.24) is 14.7 Å². The summed E-state index contributed by atoms with van der Waals surface area (Å²) in [5.41, 5.74) is 7.96. The summed E-state index contributed by atoms with van der Waals surface area (Å²) < 4.78 is 1.57. The molecule has 2 rings (SSSR count). The van der Waals surface area contributed by atoms with Gasteiger partial charge in [-0.15, -0.1) is 0 Å². The third-order valence-electron chi connectivity index (χ3n) is 2.79. The number of aromatic nitrogens is 2. The van der Waals surface area contributed by atoms with Crippen molar-refractivity contribution in [3.05, 3.63) is 47.8 Å². The molecule has 0 unspecified atom stereocenters. The lowest BCUT2D eigenvalue weighted by Gasteiger charge is -2.17. The first-order valence-corrected chi connectivity index (χ1v) is 5.66. The van der Waals surface area contributed by atoms with Gasteiger partial charge in [0.1, 0.15) is 5.69 Å². The van der Waals surface area contributed by atoms with Gasteiger partial charge >= 0.3 is 0 Å². The van der Waals surface area contributed by atoms with Crippen LogP contribution in [-0.2, 0) is 13.6 Å². The fourth-order valence-corrected chi connectivity index (χ4v) is 1.75. The molecule has 0 fully saturated rings. The Labute approximate surface area is 106 Å². The molecule has 0 atom stereocenters. The summed E-state index contributed by atoms with van der Waals surface area (Å²) in [6, 6.07) is 9.21. The van der Waals surface area contributed by atoms with Gasteiger partial charge in [-0.05, 0) is 23.8 Å². The maximum Gasteiger partial charge on any atom is 0.272 e. The number of amides is 1. The average molecular weight is 244 g/mol. The van der Waals surface area contributed by atoms with Gasteiger partial charge < -0.3 is 10.6 Å². The van der Waals surface area contributed by atoms with Crippen molar-refractivity contribution >= 4 is 11.6 Å². The standard InChI is InChI=1S/C13H16N4O/c1-16(9-10-3-5-11(14)6-4-10)13(18)12-7-8-15-17(12)2/h3-8H,9,14H2,1-2H3. The number of nitrogens with zero attached hydrogens (tertiary/aromatic N) is 3. The first-order chi connectivity index (χ1) is 8.58. The molecular formula is C13H16N4O. The highest BCUT2D eigenvalue weighted by Crippen LogP contribution is 2.10. The summed E-state index contributed by atoms with van der Waals surface area (Å²) in [5.74, 6) is -0.0492. The predicted octanol–water partition coefficient (Wildman–Crippen LogP) is 1.27. The lowest BCUT2D eigenvalue weighted by Crippen LogP contribution is -2.28. The molecule has 1 aromatic carbocycles. The largest absolute Gasteiger partial charge is 0.399 e. The Hall–Kier alpha value is -2.30. The minimum atomic E-state index is -0.0492. The van der Waals surface area contributed by atoms with E-state index in [4.69, 9.17) is 5.73 Å². The Balaban J connectivity index is 2.08. The van der Waals surface area contributed by atoms with E-state index < -0.39 is 0 Å². The smallest absolute Gasteiger partial charge is 0.272 e. The van der Waals surface area contributed by atoms with Crippen molar-refractivity contribution in [3.63, 3.8) is 0 Å². The second-order valence-electron chi connectivity index (χ2n) is 4.24. The topological polar surface area (TPSA) is 64.2 Å². The average Bonchev–Trinajstić information content (AvgIpc) is 2.77. The lowest BCUT2D eigenvalue weighted by molar-refractivity contribution is 0.0774. The minimum absolute atomic E-state index is 0.0492. The quantitative estimate of drug-likeness (QED) is 0.827. The van der Waals surface area contributed by atoms with Gasteiger partial charge in [0.25, 0.3) is 5.91 Å². The van der Waals surface area contributed by atoms with E-state index >= 15 is 0 Å². The number of aryl methyl sites for hydroxylation is 1. The van der Waals surface area contributed by atoms with Crippen LogP contribution in [0.3, 0.4) is 0 Å². The van der Waals surface area contributed by atoms with Crippen LogP contribution in [-0.4, -0.2) is 27.6 Å². The van der Waals surface area contributed by atoms with Gasteiger partial charge in [0.2, 0.25) is 0 Å². The Morgan fingerprint density at radius 3 is 2.56 bits per heavy atom. The van der Waals surface area contributed by atoms with Crippen molar-refractivity contribution in [2.75, 3.05) is 12.8 Å². The van der Waals surface area contributed by atoms with Crippen LogP contribution >= 0.6 is 0 Å². The molecule has 0 aliphatic heterocycles. The zero-order valence-electron chi connectivity index (χ0n) is 10.5. The Bertz CT molecular complexity index is 544. The van der Waals surface area contributed by atoms with E-state index in [0.29, 0.717) is 12.2 Å². The minimum Gasteiger partial charge on any atom is -0.399 e. The summed E-state index contributed by atoms with van der Waals surface area (Å²) in [6.07, 6.45) is 1.62. The number of benzene rings is 1. The van der Waals surface area contributed by atoms with Gasteiger partial charge in [0.05, 0.1) is 0 Å². The van der Waals surface area contributed by atoms with Gasteiger partial charge in [0.15, 0.2) is 0 Å². The number of carbonyl (C=O) groups is 1. The van der Waals surface area contributed by atoms with Crippen molar-refractivity contribution in [2.24, 2.45) is 7.05 Å². The van der Waals surface area contributed by atoms with Crippen LogP contribution in [0.5, 0.6) is 0 Å². The molecule has 0 bridgehead atoms. The van der Waals surface area contributed by atoms with E-state index in [0.717, 1.165) is 11.3 Å². The molecule has 1 aromatic heterocycles. The summed E-state index contributed by atoms with van der Waals surface area (Å²) in [4.78, 5) is 13.8. The first kappa shape index (κ1) is 12.2. The second kappa shape index (κ2) is 4.91. The summed E-state index contributed by atoms with van der Waals surface area (Å²) in [6.45, 7) is 0.546. The van der Waals surface area contributed by atoms with Crippen LogP contribution in [0.25, 0.3) is 0 Å². The van der Waals surface area contributed by atoms with Crippen molar-refractivity contribution in [3.8, 4) is 0 Å². The van der Waals surface area contributed by atoms with Crippen molar-refractivity contribution in [1.29, 1.82) is 0 Å². The predicted molar refractivity (Wildman–Crippen MR) is 69.9 cm³/mol. The number of nitrogen functional groups attached to an aromatic ring is 1. The lowest BCUT2D eigenvalue weighted by atomic mass is 10.2. The summed E-state index contributed by atoms with van der Waals surface area (Å²) in [7, 11) is 3.52. The van der Waals surface area contributed by atoms with Gasteiger partial charge in [-0.3, -0.25) is 9.48 Å².